The van der Waals surface area contributed by atoms with Gasteiger partial charge in [0.1, 0.15) is 0 Å². The Labute approximate surface area is 146 Å². The van der Waals surface area contributed by atoms with Crippen molar-refractivity contribution in [1.82, 2.24) is 10.6 Å². The lowest BCUT2D eigenvalue weighted by molar-refractivity contribution is -0.384. The lowest BCUT2D eigenvalue weighted by atomic mass is 9.81. The number of halogens is 1. The average molecular weight is 360 g/mol. The first-order chi connectivity index (χ1) is 10.5. The molecule has 0 bridgehead atoms. The van der Waals surface area contributed by atoms with Crippen LogP contribution in [0.1, 0.15) is 19.8 Å². The summed E-state index contributed by atoms with van der Waals surface area (Å²) in [6, 6.07) is 6.25. The molecule has 0 spiro atoms. The van der Waals surface area contributed by atoms with E-state index in [1.54, 1.807) is 12.1 Å². The molecule has 1 aliphatic rings. The third-order valence-electron chi connectivity index (χ3n) is 3.94. The van der Waals surface area contributed by atoms with E-state index < -0.39 is 4.92 Å². The lowest BCUT2D eigenvalue weighted by Crippen LogP contribution is -2.43. The van der Waals surface area contributed by atoms with E-state index in [4.69, 9.17) is 0 Å². The summed E-state index contributed by atoms with van der Waals surface area (Å²) < 4.78 is 0. The van der Waals surface area contributed by atoms with Gasteiger partial charge in [0.15, 0.2) is 0 Å². The first-order valence-corrected chi connectivity index (χ1v) is 8.32. The fraction of sp³-hybridized carbons (Fsp3) is 0.533. The van der Waals surface area contributed by atoms with Crippen molar-refractivity contribution in [2.24, 2.45) is 5.41 Å². The van der Waals surface area contributed by atoms with E-state index in [0.717, 1.165) is 30.8 Å². The van der Waals surface area contributed by atoms with E-state index in [-0.39, 0.29) is 29.4 Å². The van der Waals surface area contributed by atoms with Crippen molar-refractivity contribution < 1.29 is 9.72 Å². The number of thioether (sulfide) groups is 1. The normalized spacial score (nSPS) is 16.2. The Kier molecular flexibility index (Phi) is 7.81. The van der Waals surface area contributed by atoms with Gasteiger partial charge in [-0.2, -0.15) is 0 Å². The smallest absolute Gasteiger partial charge is 0.269 e. The van der Waals surface area contributed by atoms with E-state index >= 15 is 0 Å². The van der Waals surface area contributed by atoms with Crippen LogP contribution in [-0.4, -0.2) is 36.2 Å². The molecule has 0 saturated carbocycles. The molecule has 0 radical (unpaired) electrons. The van der Waals surface area contributed by atoms with Crippen LogP contribution in [-0.2, 0) is 4.79 Å². The van der Waals surface area contributed by atoms with Gasteiger partial charge >= 0.3 is 0 Å². The van der Waals surface area contributed by atoms with Crippen molar-refractivity contribution in [1.29, 1.82) is 0 Å². The molecule has 0 atom stereocenters. The van der Waals surface area contributed by atoms with Crippen LogP contribution in [0.15, 0.2) is 29.2 Å². The highest BCUT2D eigenvalue weighted by molar-refractivity contribution is 8.00. The van der Waals surface area contributed by atoms with Gasteiger partial charge in [-0.15, -0.1) is 24.2 Å². The molecule has 8 heteroatoms. The van der Waals surface area contributed by atoms with Crippen LogP contribution in [0.2, 0.25) is 0 Å². The Balaban J connectivity index is 0.00000264. The molecule has 0 aliphatic carbocycles. The second kappa shape index (κ2) is 9.10. The number of nitro benzene ring substituents is 1. The van der Waals surface area contributed by atoms with Gasteiger partial charge in [0.05, 0.1) is 10.7 Å². The molecule has 0 unspecified atom stereocenters. The maximum absolute atomic E-state index is 11.9. The van der Waals surface area contributed by atoms with E-state index in [1.165, 1.54) is 23.9 Å². The Morgan fingerprint density at radius 2 is 1.96 bits per heavy atom. The Morgan fingerprint density at radius 3 is 2.52 bits per heavy atom. The van der Waals surface area contributed by atoms with Crippen molar-refractivity contribution in [2.45, 2.75) is 24.7 Å². The highest BCUT2D eigenvalue weighted by atomic mass is 35.5. The van der Waals surface area contributed by atoms with Gasteiger partial charge in [0.2, 0.25) is 5.91 Å². The van der Waals surface area contributed by atoms with Crippen LogP contribution >= 0.6 is 24.2 Å². The van der Waals surface area contributed by atoms with Crippen LogP contribution in [0.25, 0.3) is 0 Å². The third kappa shape index (κ3) is 6.37. The zero-order valence-electron chi connectivity index (χ0n) is 13.0. The molecule has 23 heavy (non-hydrogen) atoms. The Bertz CT molecular complexity index is 533. The quantitative estimate of drug-likeness (QED) is 0.463. The van der Waals surface area contributed by atoms with Crippen LogP contribution in [0.4, 0.5) is 5.69 Å². The van der Waals surface area contributed by atoms with E-state index in [2.05, 4.69) is 17.6 Å². The summed E-state index contributed by atoms with van der Waals surface area (Å²) in [4.78, 5) is 22.9. The number of hydrogen-bond donors (Lipinski definition) is 2. The number of carbonyl (C=O) groups excluding carboxylic acids is 1. The summed E-state index contributed by atoms with van der Waals surface area (Å²) in [6.45, 7) is 4.92. The van der Waals surface area contributed by atoms with E-state index in [0.29, 0.717) is 12.3 Å². The number of piperidine rings is 1. The monoisotopic (exact) mass is 359 g/mol. The molecule has 1 aromatic carbocycles. The molecule has 1 heterocycles. The third-order valence-corrected chi connectivity index (χ3v) is 4.95. The number of carbonyl (C=O) groups is 1. The SMILES string of the molecule is CC1(CNC(=O)CSc2ccc([N+](=O)[O-])cc2)CCNCC1.Cl. The van der Waals surface area contributed by atoms with Gasteiger partial charge in [-0.1, -0.05) is 6.92 Å². The summed E-state index contributed by atoms with van der Waals surface area (Å²) in [5.74, 6) is 0.328. The summed E-state index contributed by atoms with van der Waals surface area (Å²) >= 11 is 1.39. The minimum absolute atomic E-state index is 0. The molecule has 2 N–H and O–H groups in total. The second-order valence-electron chi connectivity index (χ2n) is 5.88. The standard InChI is InChI=1S/C15H21N3O3S.ClH/c1-15(6-8-16-9-7-15)11-17-14(19)10-22-13-4-2-12(3-5-13)18(20)21;/h2-5,16H,6-11H2,1H3,(H,17,19);1H. The molecule has 1 amide bonds. The van der Waals surface area contributed by atoms with E-state index in [9.17, 15) is 14.9 Å². The van der Waals surface area contributed by atoms with Gasteiger partial charge in [-0.05, 0) is 43.5 Å². The second-order valence-corrected chi connectivity index (χ2v) is 6.93. The Hall–Kier alpha value is -1.31. The number of amides is 1. The topological polar surface area (TPSA) is 84.3 Å². The summed E-state index contributed by atoms with van der Waals surface area (Å²) in [5.41, 5.74) is 0.242. The number of nitrogens with zero attached hydrogens (tertiary/aromatic N) is 1. The number of hydrogen-bond acceptors (Lipinski definition) is 5. The minimum atomic E-state index is -0.430. The largest absolute Gasteiger partial charge is 0.355 e. The highest BCUT2D eigenvalue weighted by Gasteiger charge is 2.26. The van der Waals surface area contributed by atoms with Gasteiger partial charge < -0.3 is 10.6 Å². The predicted molar refractivity (Wildman–Crippen MR) is 94.3 cm³/mol. The fourth-order valence-corrected chi connectivity index (χ4v) is 3.11. The van der Waals surface area contributed by atoms with Crippen LogP contribution in [0.3, 0.4) is 0 Å². The van der Waals surface area contributed by atoms with Gasteiger partial charge in [-0.3, -0.25) is 14.9 Å². The maximum Gasteiger partial charge on any atom is 0.269 e. The van der Waals surface area contributed by atoms with Crippen LogP contribution in [0, 0.1) is 15.5 Å². The fourth-order valence-electron chi connectivity index (χ4n) is 2.38. The van der Waals surface area contributed by atoms with Gasteiger partial charge in [0, 0.05) is 23.6 Å². The van der Waals surface area contributed by atoms with Crippen molar-refractivity contribution in [2.75, 3.05) is 25.4 Å². The van der Waals surface area contributed by atoms with Gasteiger partial charge in [-0.25, -0.2) is 0 Å². The average Bonchev–Trinajstić information content (AvgIpc) is 2.52. The number of nitro groups is 1. The van der Waals surface area contributed by atoms with Crippen LogP contribution < -0.4 is 10.6 Å². The first-order valence-electron chi connectivity index (χ1n) is 7.33. The highest BCUT2D eigenvalue weighted by Crippen LogP contribution is 2.27. The molecule has 1 fully saturated rings. The molecule has 0 aromatic heterocycles. The van der Waals surface area contributed by atoms with Crippen molar-refractivity contribution in [3.05, 3.63) is 34.4 Å². The minimum Gasteiger partial charge on any atom is -0.355 e. The van der Waals surface area contributed by atoms with Crippen molar-refractivity contribution >= 4 is 35.8 Å². The van der Waals surface area contributed by atoms with E-state index in [1.807, 2.05) is 0 Å². The molecule has 128 valence electrons. The summed E-state index contributed by atoms with van der Waals surface area (Å²) in [6.07, 6.45) is 2.14. The first kappa shape index (κ1) is 19.7. The van der Waals surface area contributed by atoms with Crippen molar-refractivity contribution in [3.8, 4) is 0 Å². The maximum atomic E-state index is 11.9. The van der Waals surface area contributed by atoms with Crippen LogP contribution in [0.5, 0.6) is 0 Å². The lowest BCUT2D eigenvalue weighted by Gasteiger charge is -2.34. The number of nitrogens with one attached hydrogen (secondary N) is 2. The molecular formula is C15H22ClN3O3S. The zero-order valence-corrected chi connectivity index (χ0v) is 14.7. The molecule has 2 rings (SSSR count). The Morgan fingerprint density at radius 1 is 1.35 bits per heavy atom. The number of rotatable bonds is 6. The zero-order chi connectivity index (χ0) is 16.0. The molecular weight excluding hydrogens is 338 g/mol. The predicted octanol–water partition coefficient (Wildman–Crippen LogP) is 2.61. The number of benzene rings is 1. The number of non-ortho nitro benzene ring substituents is 1. The molecule has 1 aromatic rings. The summed E-state index contributed by atoms with van der Waals surface area (Å²) in [5, 5.41) is 16.9. The summed E-state index contributed by atoms with van der Waals surface area (Å²) in [7, 11) is 0. The molecule has 1 aliphatic heterocycles. The molecule has 1 saturated heterocycles. The molecule has 6 nitrogen and oxygen atoms in total. The van der Waals surface area contributed by atoms with Gasteiger partial charge in [0.25, 0.3) is 5.69 Å². The van der Waals surface area contributed by atoms with Crippen molar-refractivity contribution in [3.63, 3.8) is 0 Å².